The maximum atomic E-state index is 12.7. The van der Waals surface area contributed by atoms with Crippen molar-refractivity contribution in [2.24, 2.45) is 5.41 Å². The Morgan fingerprint density at radius 3 is 2.71 bits per heavy atom. The van der Waals surface area contributed by atoms with Gasteiger partial charge in [-0.25, -0.2) is 19.4 Å². The highest BCUT2D eigenvalue weighted by atomic mass is 16.6. The van der Waals surface area contributed by atoms with Crippen molar-refractivity contribution in [3.8, 4) is 0 Å². The van der Waals surface area contributed by atoms with Crippen LogP contribution >= 0.6 is 0 Å². The van der Waals surface area contributed by atoms with Gasteiger partial charge in [0.05, 0.1) is 24.9 Å². The van der Waals surface area contributed by atoms with Crippen LogP contribution in [0.15, 0.2) is 24.4 Å². The first-order chi connectivity index (χ1) is 21.6. The van der Waals surface area contributed by atoms with Crippen molar-refractivity contribution in [2.45, 2.75) is 96.6 Å². The molecule has 0 aliphatic carbocycles. The standard InChI is InChI=1S/C33H46N8O4/c1-21-28(37-31(42)45-32(2,3)4)33(20-44-21)13-16-39(17-14-33)25-19-35-27-29(36-25)41(26-12-5-6-18-43-26)38-30(27)40-15-8-9-22-23(34)10-7-11-24(22)40/h7,10-11,19,21,26,28H,5-6,8-9,12-18,20,34H2,1-4H3,(H,37,42)/t21-,26?,28+/m0/s1. The van der Waals surface area contributed by atoms with E-state index in [0.29, 0.717) is 13.2 Å². The lowest BCUT2D eigenvalue weighted by Gasteiger charge is -2.42. The Morgan fingerprint density at radius 1 is 1.13 bits per heavy atom. The molecule has 4 aliphatic heterocycles. The number of ether oxygens (including phenoxy) is 3. The van der Waals surface area contributed by atoms with Gasteiger partial charge in [0.25, 0.3) is 0 Å². The number of benzene rings is 1. The number of piperidine rings is 1. The first-order valence-corrected chi connectivity index (χ1v) is 16.5. The summed E-state index contributed by atoms with van der Waals surface area (Å²) < 4.78 is 19.9. The van der Waals surface area contributed by atoms with Gasteiger partial charge < -0.3 is 35.1 Å². The van der Waals surface area contributed by atoms with E-state index in [-0.39, 0.29) is 23.8 Å². The number of carbonyl (C=O) groups is 1. The Morgan fingerprint density at radius 2 is 1.96 bits per heavy atom. The van der Waals surface area contributed by atoms with E-state index in [1.165, 1.54) is 0 Å². The van der Waals surface area contributed by atoms with Crippen molar-refractivity contribution < 1.29 is 19.0 Å². The molecule has 0 saturated carbocycles. The van der Waals surface area contributed by atoms with Crippen molar-refractivity contribution in [1.29, 1.82) is 0 Å². The number of nitrogens with zero attached hydrogens (tertiary/aromatic N) is 6. The van der Waals surface area contributed by atoms with Crippen molar-refractivity contribution in [2.75, 3.05) is 48.4 Å². The minimum absolute atomic E-state index is 0.0845. The van der Waals surface area contributed by atoms with Crippen molar-refractivity contribution in [3.63, 3.8) is 0 Å². The number of alkyl carbamates (subject to hydrolysis) is 1. The molecule has 1 unspecified atom stereocenters. The molecular weight excluding hydrogens is 572 g/mol. The maximum absolute atomic E-state index is 12.7. The molecule has 3 saturated heterocycles. The summed E-state index contributed by atoms with van der Waals surface area (Å²) >= 11 is 0. The molecule has 45 heavy (non-hydrogen) atoms. The van der Waals surface area contributed by atoms with Gasteiger partial charge in [0.1, 0.15) is 11.4 Å². The van der Waals surface area contributed by atoms with Gasteiger partial charge in [0, 0.05) is 43.0 Å². The van der Waals surface area contributed by atoms with Crippen LogP contribution in [-0.2, 0) is 20.6 Å². The summed E-state index contributed by atoms with van der Waals surface area (Å²) in [4.78, 5) is 27.5. The minimum Gasteiger partial charge on any atom is -0.444 e. The molecular formula is C33H46N8O4. The third kappa shape index (κ3) is 5.67. The number of aromatic nitrogens is 4. The molecule has 3 N–H and O–H groups in total. The second-order valence-electron chi connectivity index (χ2n) is 14.1. The number of carbonyl (C=O) groups excluding carboxylic acids is 1. The monoisotopic (exact) mass is 618 g/mol. The highest BCUT2D eigenvalue weighted by Crippen LogP contribution is 2.44. The molecule has 12 nitrogen and oxygen atoms in total. The lowest BCUT2D eigenvalue weighted by atomic mass is 9.73. The number of nitrogens with one attached hydrogen (secondary N) is 1. The normalized spacial score (nSPS) is 25.0. The van der Waals surface area contributed by atoms with E-state index in [1.54, 1.807) is 0 Å². The molecule has 0 radical (unpaired) electrons. The van der Waals surface area contributed by atoms with E-state index in [0.717, 1.165) is 104 Å². The quantitative estimate of drug-likeness (QED) is 0.381. The Balaban J connectivity index is 1.17. The topological polar surface area (TPSA) is 133 Å². The largest absolute Gasteiger partial charge is 0.444 e. The Hall–Kier alpha value is -3.64. The predicted molar refractivity (Wildman–Crippen MR) is 173 cm³/mol. The summed E-state index contributed by atoms with van der Waals surface area (Å²) in [7, 11) is 0. The van der Waals surface area contributed by atoms with E-state index in [4.69, 9.17) is 35.0 Å². The second-order valence-corrected chi connectivity index (χ2v) is 14.1. The lowest BCUT2D eigenvalue weighted by molar-refractivity contribution is -0.0368. The number of fused-ring (bicyclic) bond motifs is 2. The molecule has 3 aromatic rings. The summed E-state index contributed by atoms with van der Waals surface area (Å²) in [6.45, 7) is 11.4. The molecule has 1 amide bonds. The molecule has 2 aromatic heterocycles. The van der Waals surface area contributed by atoms with Crippen LogP contribution in [0.1, 0.15) is 78.0 Å². The summed E-state index contributed by atoms with van der Waals surface area (Å²) in [5.41, 5.74) is 10.3. The van der Waals surface area contributed by atoms with Gasteiger partial charge in [-0.15, -0.1) is 5.10 Å². The van der Waals surface area contributed by atoms with Crippen LogP contribution in [0.5, 0.6) is 0 Å². The van der Waals surface area contributed by atoms with Gasteiger partial charge in [-0.3, -0.25) is 0 Å². The van der Waals surface area contributed by atoms with Crippen LogP contribution < -0.4 is 20.9 Å². The number of rotatable bonds is 4. The number of hydrogen-bond acceptors (Lipinski definition) is 10. The number of nitrogen functional groups attached to an aromatic ring is 1. The van der Waals surface area contributed by atoms with Gasteiger partial charge in [-0.2, -0.15) is 0 Å². The fraction of sp³-hybridized carbons (Fsp3) is 0.636. The number of nitrogens with two attached hydrogens (primary N) is 1. The van der Waals surface area contributed by atoms with E-state index in [2.05, 4.69) is 21.2 Å². The second kappa shape index (κ2) is 11.6. The average Bonchev–Trinajstić information content (AvgIpc) is 3.54. The van der Waals surface area contributed by atoms with Gasteiger partial charge >= 0.3 is 6.09 Å². The molecule has 0 bridgehead atoms. The maximum Gasteiger partial charge on any atom is 0.407 e. The molecule has 6 heterocycles. The third-order valence-electron chi connectivity index (χ3n) is 9.86. The Kier molecular flexibility index (Phi) is 7.76. The van der Waals surface area contributed by atoms with E-state index >= 15 is 0 Å². The fourth-order valence-corrected chi connectivity index (χ4v) is 7.53. The molecule has 3 atom stereocenters. The fourth-order valence-electron chi connectivity index (χ4n) is 7.53. The van der Waals surface area contributed by atoms with Crippen LogP contribution in [0.25, 0.3) is 11.2 Å². The summed E-state index contributed by atoms with van der Waals surface area (Å²) in [5.74, 6) is 1.63. The van der Waals surface area contributed by atoms with Gasteiger partial charge in [-0.1, -0.05) is 6.07 Å². The van der Waals surface area contributed by atoms with Crippen LogP contribution in [0.2, 0.25) is 0 Å². The van der Waals surface area contributed by atoms with Crippen molar-refractivity contribution in [3.05, 3.63) is 30.0 Å². The van der Waals surface area contributed by atoms with Crippen molar-refractivity contribution >= 4 is 40.3 Å². The number of amides is 1. The van der Waals surface area contributed by atoms with Gasteiger partial charge in [0.2, 0.25) is 0 Å². The molecule has 3 fully saturated rings. The Bertz CT molecular complexity index is 1550. The average molecular weight is 619 g/mol. The zero-order valence-corrected chi connectivity index (χ0v) is 26.9. The molecule has 242 valence electrons. The molecule has 12 heteroatoms. The molecule has 4 aliphatic rings. The van der Waals surface area contributed by atoms with Gasteiger partial charge in [-0.05, 0) is 90.3 Å². The van der Waals surface area contributed by atoms with E-state index in [9.17, 15) is 4.79 Å². The van der Waals surface area contributed by atoms with E-state index < -0.39 is 11.7 Å². The molecule has 1 aromatic carbocycles. The highest BCUT2D eigenvalue weighted by molar-refractivity contribution is 5.89. The van der Waals surface area contributed by atoms with Crippen LogP contribution in [0.4, 0.5) is 27.8 Å². The molecule has 7 rings (SSSR count). The highest BCUT2D eigenvalue weighted by Gasteiger charge is 2.50. The van der Waals surface area contributed by atoms with Crippen LogP contribution in [0.3, 0.4) is 0 Å². The smallest absolute Gasteiger partial charge is 0.407 e. The molecule has 1 spiro atoms. The predicted octanol–water partition coefficient (Wildman–Crippen LogP) is 5.09. The summed E-state index contributed by atoms with van der Waals surface area (Å²) in [6.07, 6.45) is 7.93. The van der Waals surface area contributed by atoms with Crippen LogP contribution in [-0.4, -0.2) is 76.4 Å². The zero-order chi connectivity index (χ0) is 31.3. The SMILES string of the molecule is C[C@@H]1OCC2(CCN(c3cnc4c(N5CCCc6c(N)cccc65)nn(C5CCCCO5)c4n3)CC2)[C@@H]1NC(=O)OC(C)(C)C. The lowest BCUT2D eigenvalue weighted by Crippen LogP contribution is -2.55. The van der Waals surface area contributed by atoms with E-state index in [1.807, 2.05) is 50.7 Å². The number of anilines is 4. The number of hydrogen-bond donors (Lipinski definition) is 2. The first kappa shape index (κ1) is 30.0. The van der Waals surface area contributed by atoms with Crippen molar-refractivity contribution in [1.82, 2.24) is 25.1 Å². The minimum atomic E-state index is -0.555. The van der Waals surface area contributed by atoms with Crippen LogP contribution in [0, 0.1) is 5.41 Å². The summed E-state index contributed by atoms with van der Waals surface area (Å²) in [6, 6.07) is 5.98. The summed E-state index contributed by atoms with van der Waals surface area (Å²) in [5, 5.41) is 8.29. The third-order valence-corrected chi connectivity index (χ3v) is 9.86. The zero-order valence-electron chi connectivity index (χ0n) is 26.9. The first-order valence-electron chi connectivity index (χ1n) is 16.5. The Labute approximate surface area is 264 Å². The van der Waals surface area contributed by atoms with Gasteiger partial charge in [0.15, 0.2) is 23.2 Å².